The van der Waals surface area contributed by atoms with E-state index in [1.54, 1.807) is 39.5 Å². The molecule has 0 saturated heterocycles. The highest BCUT2D eigenvalue weighted by Crippen LogP contribution is 2.20. The van der Waals surface area contributed by atoms with Gasteiger partial charge in [0.05, 0.1) is 0 Å². The van der Waals surface area contributed by atoms with Gasteiger partial charge in [-0.2, -0.15) is 11.8 Å². The molecule has 0 bridgehead atoms. The van der Waals surface area contributed by atoms with Crippen LogP contribution in [0, 0.1) is 11.3 Å². The summed E-state index contributed by atoms with van der Waals surface area (Å²) in [5.74, 6) is -0.657. The molecular weight excluding hydrogens is 226 g/mol. The van der Waals surface area contributed by atoms with Gasteiger partial charge in [-0.05, 0) is 11.7 Å². The Morgan fingerprint density at radius 3 is 2.19 bits per heavy atom. The molecule has 0 aliphatic rings. The second-order valence-electron chi connectivity index (χ2n) is 5.00. The van der Waals surface area contributed by atoms with Gasteiger partial charge in [0, 0.05) is 11.7 Å². The topological polar surface area (TPSA) is 66.4 Å². The molecule has 0 aliphatic carbocycles. The van der Waals surface area contributed by atoms with Crippen molar-refractivity contribution in [3.8, 4) is 0 Å². The van der Waals surface area contributed by atoms with Crippen LogP contribution < -0.4 is 5.32 Å². The quantitative estimate of drug-likeness (QED) is 0.774. The third-order valence-electron chi connectivity index (χ3n) is 2.26. The van der Waals surface area contributed by atoms with Crippen molar-refractivity contribution in [1.82, 2.24) is 5.32 Å². The van der Waals surface area contributed by atoms with Crippen LogP contribution >= 0.6 is 11.8 Å². The molecule has 0 heterocycles. The third-order valence-corrected chi connectivity index (χ3v) is 3.10. The summed E-state index contributed by atoms with van der Waals surface area (Å²) < 4.78 is 0. The lowest BCUT2D eigenvalue weighted by molar-refractivity contribution is -0.145. The minimum atomic E-state index is -0.989. The number of aliphatic carboxylic acids is 1. The normalized spacial score (nSPS) is 15.3. The van der Waals surface area contributed by atoms with E-state index < -0.39 is 17.4 Å². The summed E-state index contributed by atoms with van der Waals surface area (Å²) in [6, 6.07) is -0.843. The van der Waals surface area contributed by atoms with Gasteiger partial charge in [0.2, 0.25) is 5.91 Å². The molecule has 2 unspecified atom stereocenters. The second kappa shape index (κ2) is 6.13. The van der Waals surface area contributed by atoms with Crippen molar-refractivity contribution in [3.05, 3.63) is 0 Å². The van der Waals surface area contributed by atoms with Gasteiger partial charge in [0.25, 0.3) is 0 Å². The number of carbonyl (C=O) groups is 2. The van der Waals surface area contributed by atoms with Crippen LogP contribution in [0.15, 0.2) is 0 Å². The van der Waals surface area contributed by atoms with Crippen LogP contribution in [0.2, 0.25) is 0 Å². The Morgan fingerprint density at radius 2 is 1.88 bits per heavy atom. The molecule has 0 saturated carbocycles. The van der Waals surface area contributed by atoms with E-state index in [9.17, 15) is 9.59 Å². The average molecular weight is 247 g/mol. The molecule has 4 nitrogen and oxygen atoms in total. The largest absolute Gasteiger partial charge is 0.480 e. The molecule has 2 atom stereocenters. The van der Waals surface area contributed by atoms with E-state index in [1.807, 2.05) is 6.26 Å². The Kier molecular flexibility index (Phi) is 5.86. The van der Waals surface area contributed by atoms with Crippen molar-refractivity contribution >= 4 is 23.6 Å². The van der Waals surface area contributed by atoms with E-state index in [0.29, 0.717) is 5.75 Å². The Morgan fingerprint density at radius 1 is 1.38 bits per heavy atom. The highest BCUT2D eigenvalue weighted by atomic mass is 32.2. The lowest BCUT2D eigenvalue weighted by atomic mass is 9.86. The van der Waals surface area contributed by atoms with Gasteiger partial charge < -0.3 is 10.4 Å². The van der Waals surface area contributed by atoms with Crippen LogP contribution in [0.5, 0.6) is 0 Å². The van der Waals surface area contributed by atoms with Crippen molar-refractivity contribution in [2.75, 3.05) is 12.0 Å². The third kappa shape index (κ3) is 4.88. The van der Waals surface area contributed by atoms with Crippen molar-refractivity contribution < 1.29 is 14.7 Å². The fraction of sp³-hybridized carbons (Fsp3) is 0.818. The standard InChI is InChI=1S/C11H21NO3S/c1-7(6-16-5)9(13)12-8(10(14)15)11(2,3)4/h7-8H,6H2,1-5H3,(H,12,13)(H,14,15). The predicted octanol–water partition coefficient (Wildman–Crippen LogP) is 1.60. The zero-order valence-electron chi connectivity index (χ0n) is 10.5. The first-order chi connectivity index (χ1) is 7.20. The first-order valence-electron chi connectivity index (χ1n) is 5.22. The zero-order chi connectivity index (χ0) is 12.9. The highest BCUT2D eigenvalue weighted by Gasteiger charge is 2.33. The number of amides is 1. The van der Waals surface area contributed by atoms with Gasteiger partial charge >= 0.3 is 5.97 Å². The number of rotatable bonds is 5. The fourth-order valence-electron chi connectivity index (χ4n) is 1.26. The number of carboxylic acid groups (broad SMARTS) is 1. The van der Waals surface area contributed by atoms with Gasteiger partial charge in [-0.3, -0.25) is 4.79 Å². The minimum absolute atomic E-state index is 0.167. The van der Waals surface area contributed by atoms with Crippen molar-refractivity contribution in [3.63, 3.8) is 0 Å². The summed E-state index contributed by atoms with van der Waals surface area (Å²) in [4.78, 5) is 22.7. The number of carboxylic acids is 1. The molecule has 0 fully saturated rings. The van der Waals surface area contributed by atoms with Gasteiger partial charge in [-0.1, -0.05) is 27.7 Å². The maximum Gasteiger partial charge on any atom is 0.326 e. The zero-order valence-corrected chi connectivity index (χ0v) is 11.4. The molecule has 0 spiro atoms. The lowest BCUT2D eigenvalue weighted by Crippen LogP contribution is -2.50. The van der Waals surface area contributed by atoms with E-state index in [2.05, 4.69) is 5.32 Å². The van der Waals surface area contributed by atoms with E-state index in [4.69, 9.17) is 5.11 Å². The highest BCUT2D eigenvalue weighted by molar-refractivity contribution is 7.98. The number of nitrogens with one attached hydrogen (secondary N) is 1. The van der Waals surface area contributed by atoms with Crippen LogP contribution in [0.4, 0.5) is 0 Å². The Hall–Kier alpha value is -0.710. The molecule has 0 aromatic carbocycles. The van der Waals surface area contributed by atoms with Crippen molar-refractivity contribution in [1.29, 1.82) is 0 Å². The number of carbonyl (C=O) groups excluding carboxylic acids is 1. The summed E-state index contributed by atoms with van der Waals surface area (Å²) in [5, 5.41) is 11.6. The first-order valence-corrected chi connectivity index (χ1v) is 6.61. The van der Waals surface area contributed by atoms with Gasteiger partial charge in [0.1, 0.15) is 6.04 Å². The smallest absolute Gasteiger partial charge is 0.326 e. The Labute approximate surface area is 101 Å². The summed E-state index contributed by atoms with van der Waals surface area (Å²) >= 11 is 1.57. The number of hydrogen-bond acceptors (Lipinski definition) is 3. The molecule has 0 radical (unpaired) electrons. The summed E-state index contributed by atoms with van der Waals surface area (Å²) in [7, 11) is 0. The SMILES string of the molecule is CSCC(C)C(=O)NC(C(=O)O)C(C)(C)C. The molecule has 1 amide bonds. The maximum absolute atomic E-state index is 11.7. The van der Waals surface area contributed by atoms with Crippen LogP contribution in [-0.4, -0.2) is 35.0 Å². The monoisotopic (exact) mass is 247 g/mol. The Balaban J connectivity index is 4.54. The fourth-order valence-corrected chi connectivity index (χ4v) is 1.91. The maximum atomic E-state index is 11.7. The second-order valence-corrected chi connectivity index (χ2v) is 5.91. The van der Waals surface area contributed by atoms with Crippen LogP contribution in [0.1, 0.15) is 27.7 Å². The van der Waals surface area contributed by atoms with E-state index in [0.717, 1.165) is 0 Å². The van der Waals surface area contributed by atoms with E-state index in [1.165, 1.54) is 0 Å². The van der Waals surface area contributed by atoms with E-state index in [-0.39, 0.29) is 11.8 Å². The molecule has 16 heavy (non-hydrogen) atoms. The molecular formula is C11H21NO3S. The molecule has 0 rings (SSSR count). The molecule has 0 aromatic rings. The summed E-state index contributed by atoms with van der Waals surface area (Å²) in [5.41, 5.74) is -0.486. The number of thioether (sulfide) groups is 1. The van der Waals surface area contributed by atoms with Gasteiger partial charge in [-0.15, -0.1) is 0 Å². The molecule has 2 N–H and O–H groups in total. The van der Waals surface area contributed by atoms with Crippen molar-refractivity contribution in [2.45, 2.75) is 33.7 Å². The molecule has 94 valence electrons. The van der Waals surface area contributed by atoms with Crippen LogP contribution in [0.25, 0.3) is 0 Å². The van der Waals surface area contributed by atoms with E-state index >= 15 is 0 Å². The Bertz CT molecular complexity index is 260. The summed E-state index contributed by atoms with van der Waals surface area (Å²) in [6.45, 7) is 7.19. The molecule has 0 aliphatic heterocycles. The van der Waals surface area contributed by atoms with Crippen molar-refractivity contribution in [2.24, 2.45) is 11.3 Å². The summed E-state index contributed by atoms with van der Waals surface area (Å²) in [6.07, 6.45) is 1.92. The predicted molar refractivity (Wildman–Crippen MR) is 66.6 cm³/mol. The van der Waals surface area contributed by atoms with Crippen LogP contribution in [-0.2, 0) is 9.59 Å². The molecule has 0 aromatic heterocycles. The lowest BCUT2D eigenvalue weighted by Gasteiger charge is -2.28. The number of hydrogen-bond donors (Lipinski definition) is 2. The van der Waals surface area contributed by atoms with Gasteiger partial charge in [-0.25, -0.2) is 4.79 Å². The molecule has 5 heteroatoms. The minimum Gasteiger partial charge on any atom is -0.480 e. The van der Waals surface area contributed by atoms with Crippen LogP contribution in [0.3, 0.4) is 0 Å². The average Bonchev–Trinajstić information content (AvgIpc) is 2.11. The van der Waals surface area contributed by atoms with Gasteiger partial charge in [0.15, 0.2) is 0 Å². The first kappa shape index (κ1) is 15.3.